The first-order valence-electron chi connectivity index (χ1n) is 8.85. The second-order valence-corrected chi connectivity index (χ2v) is 6.31. The van der Waals surface area contributed by atoms with Gasteiger partial charge >= 0.3 is 0 Å². The van der Waals surface area contributed by atoms with Gasteiger partial charge in [0.1, 0.15) is 11.5 Å². The maximum absolute atomic E-state index is 13.1. The van der Waals surface area contributed by atoms with Gasteiger partial charge in [-0.15, -0.1) is 0 Å². The van der Waals surface area contributed by atoms with E-state index in [9.17, 15) is 4.79 Å². The van der Waals surface area contributed by atoms with Crippen LogP contribution in [-0.2, 0) is 6.42 Å². The molecule has 5 rings (SSSR count). The number of hydrogen-bond donors (Lipinski definition) is 0. The number of hydrogen-bond acceptors (Lipinski definition) is 6. The average Bonchev–Trinajstić information content (AvgIpc) is 3.21. The number of fused-ring (bicyclic) bond motifs is 1. The van der Waals surface area contributed by atoms with Crippen molar-refractivity contribution >= 4 is 11.7 Å². The summed E-state index contributed by atoms with van der Waals surface area (Å²) in [5.74, 6) is 0.989. The van der Waals surface area contributed by atoms with Gasteiger partial charge in [0.25, 0.3) is 5.91 Å². The third-order valence-corrected chi connectivity index (χ3v) is 4.55. The number of anilines is 1. The zero-order valence-electron chi connectivity index (χ0n) is 14.8. The zero-order valence-corrected chi connectivity index (χ0v) is 14.8. The minimum absolute atomic E-state index is 0.116. The number of rotatable bonds is 3. The van der Waals surface area contributed by atoms with E-state index in [2.05, 4.69) is 25.0 Å². The van der Waals surface area contributed by atoms with E-state index in [4.69, 9.17) is 0 Å². The van der Waals surface area contributed by atoms with Gasteiger partial charge in [0, 0.05) is 37.8 Å². The summed E-state index contributed by atoms with van der Waals surface area (Å²) >= 11 is 0. The molecule has 1 aliphatic rings. The predicted octanol–water partition coefficient (Wildman–Crippen LogP) is 2.32. The Kier molecular flexibility index (Phi) is 3.86. The van der Waals surface area contributed by atoms with E-state index < -0.39 is 0 Å². The van der Waals surface area contributed by atoms with Crippen LogP contribution in [0.4, 0.5) is 5.82 Å². The molecule has 4 aromatic rings. The van der Waals surface area contributed by atoms with Crippen LogP contribution in [0.25, 0.3) is 17.2 Å². The Morgan fingerprint density at radius 1 is 0.964 bits per heavy atom. The highest BCUT2D eigenvalue weighted by molar-refractivity contribution is 6.07. The molecule has 0 unspecified atom stereocenters. The smallest absolute Gasteiger partial charge is 0.262 e. The molecule has 0 saturated heterocycles. The maximum Gasteiger partial charge on any atom is 0.262 e. The predicted molar refractivity (Wildman–Crippen MR) is 102 cm³/mol. The summed E-state index contributed by atoms with van der Waals surface area (Å²) in [7, 11) is 0. The number of aromatic nitrogens is 6. The van der Waals surface area contributed by atoms with Crippen LogP contribution in [0.2, 0.25) is 0 Å². The fourth-order valence-electron chi connectivity index (χ4n) is 3.21. The van der Waals surface area contributed by atoms with Crippen LogP contribution in [0.1, 0.15) is 16.1 Å². The molecule has 0 aromatic carbocycles. The molecule has 0 radical (unpaired) electrons. The van der Waals surface area contributed by atoms with Crippen molar-refractivity contribution in [1.29, 1.82) is 0 Å². The first kappa shape index (κ1) is 16.2. The van der Waals surface area contributed by atoms with Crippen LogP contribution in [0.3, 0.4) is 0 Å². The second-order valence-electron chi connectivity index (χ2n) is 6.31. The average molecular weight is 369 g/mol. The van der Waals surface area contributed by atoms with Gasteiger partial charge in [-0.05, 0) is 30.3 Å². The molecule has 0 spiro atoms. The molecular weight excluding hydrogens is 354 g/mol. The summed E-state index contributed by atoms with van der Waals surface area (Å²) in [6.07, 6.45) is 9.16. The first-order valence-corrected chi connectivity index (χ1v) is 8.85. The highest BCUT2D eigenvalue weighted by atomic mass is 16.2. The van der Waals surface area contributed by atoms with E-state index in [0.29, 0.717) is 35.9 Å². The van der Waals surface area contributed by atoms with Gasteiger partial charge < -0.3 is 0 Å². The van der Waals surface area contributed by atoms with Crippen molar-refractivity contribution in [1.82, 2.24) is 29.7 Å². The van der Waals surface area contributed by atoms with E-state index in [0.717, 1.165) is 11.4 Å². The van der Waals surface area contributed by atoms with E-state index in [1.807, 2.05) is 30.3 Å². The van der Waals surface area contributed by atoms with E-state index >= 15 is 0 Å². The number of carbonyl (C=O) groups is 1. The molecule has 28 heavy (non-hydrogen) atoms. The summed E-state index contributed by atoms with van der Waals surface area (Å²) in [4.78, 5) is 31.9. The molecule has 8 heteroatoms. The van der Waals surface area contributed by atoms with Gasteiger partial charge in [0.05, 0.1) is 23.1 Å². The summed E-state index contributed by atoms with van der Waals surface area (Å²) in [5, 5.41) is 4.55. The SMILES string of the molecule is O=C1c2cn(-c3cccnc3)nc2CCN1c1cccc(-c2ncccn2)n1. The highest BCUT2D eigenvalue weighted by Crippen LogP contribution is 2.25. The lowest BCUT2D eigenvalue weighted by Gasteiger charge is -2.25. The van der Waals surface area contributed by atoms with E-state index in [-0.39, 0.29) is 5.91 Å². The number of pyridine rings is 2. The first-order chi connectivity index (χ1) is 13.8. The molecule has 0 aliphatic carbocycles. The molecule has 0 saturated carbocycles. The van der Waals surface area contributed by atoms with Crippen molar-refractivity contribution in [3.63, 3.8) is 0 Å². The molecule has 1 amide bonds. The summed E-state index contributed by atoms with van der Waals surface area (Å²) in [5.41, 5.74) is 2.81. The monoisotopic (exact) mass is 369 g/mol. The van der Waals surface area contributed by atoms with E-state index in [1.165, 1.54) is 0 Å². The van der Waals surface area contributed by atoms with Gasteiger partial charge in [-0.3, -0.25) is 14.7 Å². The normalized spacial score (nSPS) is 13.4. The highest BCUT2D eigenvalue weighted by Gasteiger charge is 2.29. The molecule has 5 heterocycles. The quantitative estimate of drug-likeness (QED) is 0.551. The lowest BCUT2D eigenvalue weighted by Crippen LogP contribution is -2.37. The van der Waals surface area contributed by atoms with Crippen molar-refractivity contribution in [3.05, 3.63) is 78.6 Å². The Hall–Kier alpha value is -3.94. The van der Waals surface area contributed by atoms with Gasteiger partial charge in [-0.2, -0.15) is 5.10 Å². The van der Waals surface area contributed by atoms with Gasteiger partial charge in [-0.1, -0.05) is 6.07 Å². The van der Waals surface area contributed by atoms with Crippen molar-refractivity contribution < 1.29 is 4.79 Å². The Labute approximate surface area is 160 Å². The Bertz CT molecular complexity index is 1140. The molecule has 0 N–H and O–H groups in total. The van der Waals surface area contributed by atoms with Crippen LogP contribution in [0.5, 0.6) is 0 Å². The summed E-state index contributed by atoms with van der Waals surface area (Å²) in [6, 6.07) is 11.0. The van der Waals surface area contributed by atoms with E-state index in [1.54, 1.807) is 46.6 Å². The topological polar surface area (TPSA) is 89.7 Å². The van der Waals surface area contributed by atoms with Gasteiger partial charge in [0.15, 0.2) is 5.82 Å². The molecule has 136 valence electrons. The standard InChI is InChI=1S/C20H15N7O/c28-20-15-13-27(14-4-2-8-21-12-14)25-16(15)7-11-26(20)18-6-1-5-17(24-18)19-22-9-3-10-23-19/h1-6,8-10,12-13H,7,11H2. The molecule has 0 bridgehead atoms. The lowest BCUT2D eigenvalue weighted by atomic mass is 10.1. The second kappa shape index (κ2) is 6.66. The molecular formula is C20H15N7O. The van der Waals surface area contributed by atoms with Crippen molar-refractivity contribution in [2.75, 3.05) is 11.4 Å². The van der Waals surface area contributed by atoms with Crippen LogP contribution in [-0.4, -0.2) is 42.2 Å². The summed E-state index contributed by atoms with van der Waals surface area (Å²) < 4.78 is 1.70. The van der Waals surface area contributed by atoms with Crippen LogP contribution >= 0.6 is 0 Å². The van der Waals surface area contributed by atoms with Crippen molar-refractivity contribution in [3.8, 4) is 17.2 Å². The Balaban J connectivity index is 1.48. The number of nitrogens with zero attached hydrogens (tertiary/aromatic N) is 7. The molecule has 1 aliphatic heterocycles. The van der Waals surface area contributed by atoms with Crippen molar-refractivity contribution in [2.24, 2.45) is 0 Å². The van der Waals surface area contributed by atoms with Crippen LogP contribution < -0.4 is 4.90 Å². The Morgan fingerprint density at radius 2 is 1.86 bits per heavy atom. The fourth-order valence-corrected chi connectivity index (χ4v) is 3.21. The molecule has 0 atom stereocenters. The van der Waals surface area contributed by atoms with Crippen LogP contribution in [0.15, 0.2) is 67.4 Å². The third-order valence-electron chi connectivity index (χ3n) is 4.55. The summed E-state index contributed by atoms with van der Waals surface area (Å²) in [6.45, 7) is 0.516. The molecule has 0 fully saturated rings. The minimum Gasteiger partial charge on any atom is -0.292 e. The maximum atomic E-state index is 13.1. The molecule has 8 nitrogen and oxygen atoms in total. The third kappa shape index (κ3) is 2.81. The number of carbonyl (C=O) groups excluding carboxylic acids is 1. The fraction of sp³-hybridized carbons (Fsp3) is 0.100. The zero-order chi connectivity index (χ0) is 18.9. The largest absolute Gasteiger partial charge is 0.292 e. The Morgan fingerprint density at radius 3 is 2.68 bits per heavy atom. The lowest BCUT2D eigenvalue weighted by molar-refractivity contribution is 0.0980. The minimum atomic E-state index is -0.116. The van der Waals surface area contributed by atoms with Crippen LogP contribution in [0, 0.1) is 0 Å². The number of amides is 1. The van der Waals surface area contributed by atoms with Gasteiger partial charge in [0.2, 0.25) is 0 Å². The van der Waals surface area contributed by atoms with Gasteiger partial charge in [-0.25, -0.2) is 19.6 Å². The van der Waals surface area contributed by atoms with Crippen molar-refractivity contribution in [2.45, 2.75) is 6.42 Å². The molecule has 4 aromatic heterocycles.